The summed E-state index contributed by atoms with van der Waals surface area (Å²) in [6.45, 7) is 0.598. The smallest absolute Gasteiger partial charge is 0.387 e. The summed E-state index contributed by atoms with van der Waals surface area (Å²) in [6, 6.07) is 0. The number of rotatable bonds is 4. The van der Waals surface area contributed by atoms with E-state index in [0.29, 0.717) is 16.8 Å². The molecule has 3 aromatic heterocycles. The van der Waals surface area contributed by atoms with Crippen LogP contribution in [0.4, 0.5) is 8.78 Å². The Labute approximate surface area is 133 Å². The summed E-state index contributed by atoms with van der Waals surface area (Å²) in [6.07, 6.45) is 4.01. The lowest BCUT2D eigenvalue weighted by atomic mass is 10.0. The number of ether oxygens (including phenoxy) is 1. The highest BCUT2D eigenvalue weighted by molar-refractivity contribution is 7.14. The van der Waals surface area contributed by atoms with Crippen molar-refractivity contribution in [3.8, 4) is 16.9 Å². The second-order valence-electron chi connectivity index (χ2n) is 4.79. The van der Waals surface area contributed by atoms with Gasteiger partial charge < -0.3 is 9.84 Å². The molecule has 0 aliphatic heterocycles. The van der Waals surface area contributed by atoms with Crippen LogP contribution in [-0.2, 0) is 0 Å². The van der Waals surface area contributed by atoms with E-state index in [1.165, 1.54) is 34.4 Å². The van der Waals surface area contributed by atoms with Crippen molar-refractivity contribution in [1.82, 2.24) is 14.6 Å². The van der Waals surface area contributed by atoms with Gasteiger partial charge in [0, 0.05) is 16.0 Å². The fourth-order valence-electron chi connectivity index (χ4n) is 2.45. The zero-order chi connectivity index (χ0) is 16.7. The summed E-state index contributed by atoms with van der Waals surface area (Å²) in [5.74, 6) is -1.09. The molecule has 3 aromatic rings. The molecule has 9 heteroatoms. The molecule has 0 aliphatic rings. The maximum absolute atomic E-state index is 12.2. The highest BCUT2D eigenvalue weighted by atomic mass is 32.1. The molecule has 0 unspecified atom stereocenters. The number of halogens is 2. The molecule has 6 nitrogen and oxygen atoms in total. The van der Waals surface area contributed by atoms with Crippen LogP contribution >= 0.6 is 11.3 Å². The van der Waals surface area contributed by atoms with Crippen LogP contribution in [0, 0.1) is 13.8 Å². The van der Waals surface area contributed by atoms with Gasteiger partial charge in [-0.25, -0.2) is 14.3 Å². The minimum Gasteiger partial charge on any atom is -0.477 e. The van der Waals surface area contributed by atoms with E-state index in [2.05, 4.69) is 14.8 Å². The zero-order valence-corrected chi connectivity index (χ0v) is 12.9. The van der Waals surface area contributed by atoms with Gasteiger partial charge in [0.2, 0.25) is 0 Å². The van der Waals surface area contributed by atoms with E-state index in [1.807, 2.05) is 6.92 Å². The predicted molar refractivity (Wildman–Crippen MR) is 79.4 cm³/mol. The first-order valence-electron chi connectivity index (χ1n) is 6.50. The number of aromatic carboxylic acids is 1. The van der Waals surface area contributed by atoms with Gasteiger partial charge >= 0.3 is 12.6 Å². The summed E-state index contributed by atoms with van der Waals surface area (Å²) in [5.41, 5.74) is 2.46. The van der Waals surface area contributed by atoms with Gasteiger partial charge in [-0.3, -0.25) is 0 Å². The lowest BCUT2D eigenvalue weighted by Crippen LogP contribution is -2.03. The van der Waals surface area contributed by atoms with Gasteiger partial charge in [-0.15, -0.1) is 11.3 Å². The number of alkyl halides is 2. The van der Waals surface area contributed by atoms with Gasteiger partial charge in [0.1, 0.15) is 4.88 Å². The Bertz CT molecular complexity index is 904. The first-order chi connectivity index (χ1) is 10.9. The van der Waals surface area contributed by atoms with E-state index >= 15 is 0 Å². The van der Waals surface area contributed by atoms with Crippen molar-refractivity contribution in [2.75, 3.05) is 0 Å². The van der Waals surface area contributed by atoms with Crippen LogP contribution in [0.5, 0.6) is 5.75 Å². The average molecular weight is 339 g/mol. The van der Waals surface area contributed by atoms with Crippen LogP contribution < -0.4 is 4.74 Å². The number of thiophene rings is 1. The van der Waals surface area contributed by atoms with E-state index in [-0.39, 0.29) is 10.6 Å². The van der Waals surface area contributed by atoms with Gasteiger partial charge in [0.25, 0.3) is 0 Å². The number of carboxylic acid groups (broad SMARTS) is 1. The van der Waals surface area contributed by atoms with Crippen molar-refractivity contribution in [2.24, 2.45) is 0 Å². The van der Waals surface area contributed by atoms with Crippen LogP contribution in [0.3, 0.4) is 0 Å². The first kappa shape index (κ1) is 15.3. The number of carbonyl (C=O) groups is 1. The average Bonchev–Trinajstić information content (AvgIpc) is 2.99. The third-order valence-corrected chi connectivity index (χ3v) is 4.54. The van der Waals surface area contributed by atoms with E-state index in [4.69, 9.17) is 0 Å². The third kappa shape index (κ3) is 2.63. The Morgan fingerprint density at radius 1 is 1.39 bits per heavy atom. The molecule has 0 amide bonds. The van der Waals surface area contributed by atoms with E-state index in [9.17, 15) is 18.7 Å². The summed E-state index contributed by atoms with van der Waals surface area (Å²) in [5, 5.41) is 13.3. The summed E-state index contributed by atoms with van der Waals surface area (Å²) in [7, 11) is 0. The molecule has 0 saturated heterocycles. The van der Waals surface area contributed by atoms with Crippen LogP contribution in [0.2, 0.25) is 0 Å². The van der Waals surface area contributed by atoms with E-state index < -0.39 is 12.6 Å². The summed E-state index contributed by atoms with van der Waals surface area (Å²) < 4.78 is 30.1. The topological polar surface area (TPSA) is 76.7 Å². The number of nitrogens with zero attached hydrogens (tertiary/aromatic N) is 3. The lowest BCUT2D eigenvalue weighted by Gasteiger charge is -2.04. The molecule has 0 fully saturated rings. The van der Waals surface area contributed by atoms with Crippen molar-refractivity contribution in [1.29, 1.82) is 0 Å². The Morgan fingerprint density at radius 2 is 2.13 bits per heavy atom. The number of hydrogen-bond donors (Lipinski definition) is 1. The molecule has 1 N–H and O–H groups in total. The minimum atomic E-state index is -2.94. The molecule has 3 rings (SSSR count). The molecular formula is C14H11F2N3O3S. The highest BCUT2D eigenvalue weighted by Gasteiger charge is 2.21. The molecule has 0 saturated carbocycles. The standard InChI is InChI=1S/C14H11F2N3O3S/c1-6-10(7(2)23-11(6)13(20)21)9-4-18-19-5-8(22-14(15)16)3-17-12(9)19/h3-5,14H,1-2H3,(H,20,21). The zero-order valence-electron chi connectivity index (χ0n) is 12.1. The van der Waals surface area contributed by atoms with Crippen molar-refractivity contribution >= 4 is 23.0 Å². The van der Waals surface area contributed by atoms with Crippen molar-refractivity contribution in [2.45, 2.75) is 20.5 Å². The van der Waals surface area contributed by atoms with Crippen LogP contribution in [-0.4, -0.2) is 32.3 Å². The third-order valence-electron chi connectivity index (χ3n) is 3.34. The number of aryl methyl sites for hydroxylation is 1. The normalized spacial score (nSPS) is 11.3. The molecule has 0 aliphatic carbocycles. The largest absolute Gasteiger partial charge is 0.477 e. The summed E-state index contributed by atoms with van der Waals surface area (Å²) in [4.78, 5) is 16.4. The quantitative estimate of drug-likeness (QED) is 0.788. The monoisotopic (exact) mass is 339 g/mol. The van der Waals surface area contributed by atoms with Crippen LogP contribution in [0.1, 0.15) is 20.1 Å². The van der Waals surface area contributed by atoms with Crippen molar-refractivity contribution in [3.05, 3.63) is 33.9 Å². The minimum absolute atomic E-state index is 0.105. The van der Waals surface area contributed by atoms with Gasteiger partial charge in [0.15, 0.2) is 11.4 Å². The second-order valence-corrected chi connectivity index (χ2v) is 6.01. The van der Waals surface area contributed by atoms with Gasteiger partial charge in [0.05, 0.1) is 18.6 Å². The molecule has 0 atom stereocenters. The number of fused-ring (bicyclic) bond motifs is 1. The molecule has 120 valence electrons. The maximum atomic E-state index is 12.2. The molecule has 3 heterocycles. The lowest BCUT2D eigenvalue weighted by molar-refractivity contribution is -0.0503. The van der Waals surface area contributed by atoms with E-state index in [1.54, 1.807) is 6.92 Å². The van der Waals surface area contributed by atoms with Crippen molar-refractivity contribution in [3.63, 3.8) is 0 Å². The Morgan fingerprint density at radius 3 is 2.74 bits per heavy atom. The highest BCUT2D eigenvalue weighted by Crippen LogP contribution is 2.37. The van der Waals surface area contributed by atoms with Crippen LogP contribution in [0.15, 0.2) is 18.6 Å². The SMILES string of the molecule is Cc1sc(C(=O)O)c(C)c1-c1cnn2cc(OC(F)F)cnc12. The molecular weight excluding hydrogens is 328 g/mol. The molecule has 0 radical (unpaired) electrons. The fourth-order valence-corrected chi connectivity index (χ4v) is 3.47. The molecule has 0 aromatic carbocycles. The number of aromatic nitrogens is 3. The second kappa shape index (κ2) is 5.58. The van der Waals surface area contributed by atoms with Gasteiger partial charge in [-0.2, -0.15) is 13.9 Å². The Hall–Kier alpha value is -2.55. The van der Waals surface area contributed by atoms with Gasteiger partial charge in [-0.1, -0.05) is 0 Å². The first-order valence-corrected chi connectivity index (χ1v) is 7.32. The number of carboxylic acids is 1. The Balaban J connectivity index is 2.13. The van der Waals surface area contributed by atoms with Crippen molar-refractivity contribution < 1.29 is 23.4 Å². The predicted octanol–water partition coefficient (Wildman–Crippen LogP) is 3.37. The maximum Gasteiger partial charge on any atom is 0.387 e. The van der Waals surface area contributed by atoms with Crippen LogP contribution in [0.25, 0.3) is 16.8 Å². The van der Waals surface area contributed by atoms with Gasteiger partial charge in [-0.05, 0) is 19.4 Å². The molecule has 0 spiro atoms. The fraction of sp³-hybridized carbons (Fsp3) is 0.214. The number of hydrogen-bond acceptors (Lipinski definition) is 5. The van der Waals surface area contributed by atoms with E-state index in [0.717, 1.165) is 10.4 Å². The molecule has 0 bridgehead atoms. The molecule has 23 heavy (non-hydrogen) atoms. The Kier molecular flexibility index (Phi) is 3.72. The summed E-state index contributed by atoms with van der Waals surface area (Å²) >= 11 is 1.18.